The maximum absolute atomic E-state index is 11.9. The number of carbonyl (C=O) groups is 1. The van der Waals surface area contributed by atoms with Gasteiger partial charge in [-0.1, -0.05) is 11.6 Å². The Kier molecular flexibility index (Phi) is 3.75. The van der Waals surface area contributed by atoms with Crippen LogP contribution in [0.3, 0.4) is 0 Å². The summed E-state index contributed by atoms with van der Waals surface area (Å²) in [5, 5.41) is 25.3. The number of halogens is 1. The lowest BCUT2D eigenvalue weighted by Crippen LogP contribution is -2.44. The molecule has 2 rings (SSSR count). The van der Waals surface area contributed by atoms with Gasteiger partial charge in [0.1, 0.15) is 5.75 Å². The first kappa shape index (κ1) is 13.1. The molecule has 18 heavy (non-hydrogen) atoms. The van der Waals surface area contributed by atoms with Gasteiger partial charge in [0.2, 0.25) is 0 Å². The summed E-state index contributed by atoms with van der Waals surface area (Å²) in [7, 11) is 0. The molecule has 1 aliphatic rings. The van der Waals surface area contributed by atoms with E-state index in [1.807, 2.05) is 0 Å². The smallest absolute Gasteiger partial charge is 0.253 e. The van der Waals surface area contributed by atoms with Gasteiger partial charge in [0.05, 0.1) is 16.2 Å². The Labute approximate surface area is 110 Å². The summed E-state index contributed by atoms with van der Waals surface area (Å²) in [5.74, 6) is -0.429. The van der Waals surface area contributed by atoms with Gasteiger partial charge in [-0.2, -0.15) is 0 Å². The molecule has 0 aliphatic carbocycles. The first-order chi connectivity index (χ1) is 8.50. The maximum atomic E-state index is 11.9. The fraction of sp³-hybridized carbons (Fsp3) is 0.417. The van der Waals surface area contributed by atoms with E-state index in [0.29, 0.717) is 13.0 Å². The summed E-state index contributed by atoms with van der Waals surface area (Å²) in [6.07, 6.45) is 0.598. The highest BCUT2D eigenvalue weighted by Gasteiger charge is 2.31. The zero-order chi connectivity index (χ0) is 13.2. The first-order valence-corrected chi connectivity index (χ1v) is 6.08. The number of aliphatic hydroxyl groups is 1. The van der Waals surface area contributed by atoms with Crippen LogP contribution in [0.1, 0.15) is 16.8 Å². The quantitative estimate of drug-likeness (QED) is 0.645. The lowest BCUT2D eigenvalue weighted by molar-refractivity contribution is 0.0562. The standard InChI is InChI=1S/C12H15ClN2O3/c13-10-2-1-8(16)5-9(10)11(17)15-7-12(18)3-4-14-6-12/h1-2,5,14,16,18H,3-4,6-7H2,(H,15,17). The molecule has 1 atom stereocenters. The van der Waals surface area contributed by atoms with Crippen molar-refractivity contribution in [1.29, 1.82) is 0 Å². The normalized spacial score (nSPS) is 23.0. The number of nitrogens with one attached hydrogen (secondary N) is 2. The molecule has 6 heteroatoms. The van der Waals surface area contributed by atoms with Crippen LogP contribution in [0.25, 0.3) is 0 Å². The van der Waals surface area contributed by atoms with Gasteiger partial charge in [0.15, 0.2) is 0 Å². The Balaban J connectivity index is 2.01. The predicted molar refractivity (Wildman–Crippen MR) is 67.9 cm³/mol. The molecule has 5 nitrogen and oxygen atoms in total. The molecule has 0 radical (unpaired) electrons. The van der Waals surface area contributed by atoms with Gasteiger partial charge in [-0.05, 0) is 31.2 Å². The fourth-order valence-electron chi connectivity index (χ4n) is 1.91. The Morgan fingerprint density at radius 2 is 2.33 bits per heavy atom. The van der Waals surface area contributed by atoms with Crippen molar-refractivity contribution in [3.8, 4) is 5.75 Å². The number of hydrogen-bond acceptors (Lipinski definition) is 4. The molecule has 0 saturated carbocycles. The van der Waals surface area contributed by atoms with Crippen LogP contribution in [0.15, 0.2) is 18.2 Å². The van der Waals surface area contributed by atoms with Crippen LogP contribution in [-0.2, 0) is 0 Å². The molecule has 1 fully saturated rings. The largest absolute Gasteiger partial charge is 0.508 e. The van der Waals surface area contributed by atoms with Crippen molar-refractivity contribution >= 4 is 17.5 Å². The van der Waals surface area contributed by atoms with E-state index in [9.17, 15) is 15.0 Å². The number of carbonyl (C=O) groups excluding carboxylic acids is 1. The fourth-order valence-corrected chi connectivity index (χ4v) is 2.11. The van der Waals surface area contributed by atoms with E-state index in [4.69, 9.17) is 11.6 Å². The average Bonchev–Trinajstić information content (AvgIpc) is 2.77. The molecule has 1 aromatic carbocycles. The molecule has 0 spiro atoms. The first-order valence-electron chi connectivity index (χ1n) is 5.70. The molecule has 1 amide bonds. The lowest BCUT2D eigenvalue weighted by Gasteiger charge is -2.21. The van der Waals surface area contributed by atoms with Crippen molar-refractivity contribution in [2.24, 2.45) is 0 Å². The number of amides is 1. The molecule has 0 aromatic heterocycles. The predicted octanol–water partition coefficient (Wildman–Crippen LogP) is 0.500. The van der Waals surface area contributed by atoms with Gasteiger partial charge >= 0.3 is 0 Å². The zero-order valence-electron chi connectivity index (χ0n) is 9.74. The summed E-state index contributed by atoms with van der Waals surface area (Å²) in [6.45, 7) is 1.35. The van der Waals surface area contributed by atoms with E-state index in [0.717, 1.165) is 6.54 Å². The van der Waals surface area contributed by atoms with Gasteiger partial charge in [0.25, 0.3) is 5.91 Å². The summed E-state index contributed by atoms with van der Waals surface area (Å²) < 4.78 is 0. The second kappa shape index (κ2) is 5.14. The molecule has 1 heterocycles. The van der Waals surface area contributed by atoms with E-state index >= 15 is 0 Å². The molecule has 98 valence electrons. The molecule has 4 N–H and O–H groups in total. The van der Waals surface area contributed by atoms with Gasteiger partial charge in [-0.3, -0.25) is 4.79 Å². The number of aromatic hydroxyl groups is 1. The number of phenols is 1. The molecule has 1 aliphatic heterocycles. The summed E-state index contributed by atoms with van der Waals surface area (Å²) in [6, 6.07) is 4.17. The highest BCUT2D eigenvalue weighted by atomic mass is 35.5. The Bertz CT molecular complexity index is 459. The van der Waals surface area contributed by atoms with Crippen molar-refractivity contribution in [3.63, 3.8) is 0 Å². The Morgan fingerprint density at radius 3 is 3.00 bits per heavy atom. The Hall–Kier alpha value is -1.30. The molecule has 0 bridgehead atoms. The monoisotopic (exact) mass is 270 g/mol. The number of hydrogen-bond donors (Lipinski definition) is 4. The highest BCUT2D eigenvalue weighted by Crippen LogP contribution is 2.21. The van der Waals surface area contributed by atoms with Crippen LogP contribution in [-0.4, -0.2) is 41.4 Å². The van der Waals surface area contributed by atoms with Crippen molar-refractivity contribution in [2.45, 2.75) is 12.0 Å². The van der Waals surface area contributed by atoms with E-state index in [1.165, 1.54) is 18.2 Å². The molecule has 1 aromatic rings. The second-order valence-corrected chi connectivity index (χ2v) is 4.91. The third kappa shape index (κ3) is 2.93. The van der Waals surface area contributed by atoms with Crippen LogP contribution >= 0.6 is 11.6 Å². The average molecular weight is 271 g/mol. The minimum absolute atomic E-state index is 0.0224. The van der Waals surface area contributed by atoms with Crippen LogP contribution in [0.5, 0.6) is 5.75 Å². The number of rotatable bonds is 3. The van der Waals surface area contributed by atoms with Crippen LogP contribution in [0, 0.1) is 0 Å². The van der Waals surface area contributed by atoms with E-state index in [1.54, 1.807) is 0 Å². The topological polar surface area (TPSA) is 81.6 Å². The van der Waals surface area contributed by atoms with Crippen LogP contribution < -0.4 is 10.6 Å². The third-order valence-electron chi connectivity index (χ3n) is 2.99. The van der Waals surface area contributed by atoms with E-state index < -0.39 is 11.5 Å². The van der Waals surface area contributed by atoms with Crippen LogP contribution in [0.2, 0.25) is 5.02 Å². The van der Waals surface area contributed by atoms with Crippen molar-refractivity contribution < 1.29 is 15.0 Å². The lowest BCUT2D eigenvalue weighted by atomic mass is 10.0. The minimum atomic E-state index is -0.904. The maximum Gasteiger partial charge on any atom is 0.253 e. The van der Waals surface area contributed by atoms with Gasteiger partial charge in [-0.15, -0.1) is 0 Å². The van der Waals surface area contributed by atoms with Crippen LogP contribution in [0.4, 0.5) is 0 Å². The van der Waals surface area contributed by atoms with Crippen molar-refractivity contribution in [2.75, 3.05) is 19.6 Å². The molecular formula is C12H15ClN2O3. The van der Waals surface area contributed by atoms with Crippen molar-refractivity contribution in [1.82, 2.24) is 10.6 Å². The molecular weight excluding hydrogens is 256 g/mol. The van der Waals surface area contributed by atoms with Gasteiger partial charge in [0, 0.05) is 13.1 Å². The highest BCUT2D eigenvalue weighted by molar-refractivity contribution is 6.33. The van der Waals surface area contributed by atoms with E-state index in [2.05, 4.69) is 10.6 Å². The number of β-amino-alcohol motifs (C(OH)–C–C–N with tert-alkyl or cyclic N) is 1. The number of phenolic OH excluding ortho intramolecular Hbond substituents is 1. The summed E-state index contributed by atoms with van der Waals surface area (Å²) >= 11 is 5.87. The Morgan fingerprint density at radius 1 is 1.56 bits per heavy atom. The van der Waals surface area contributed by atoms with Crippen molar-refractivity contribution in [3.05, 3.63) is 28.8 Å². The van der Waals surface area contributed by atoms with Gasteiger partial charge < -0.3 is 20.8 Å². The molecule has 1 saturated heterocycles. The molecule has 1 unspecified atom stereocenters. The minimum Gasteiger partial charge on any atom is -0.508 e. The van der Waals surface area contributed by atoms with E-state index in [-0.39, 0.29) is 22.9 Å². The van der Waals surface area contributed by atoms with Gasteiger partial charge in [-0.25, -0.2) is 0 Å². The zero-order valence-corrected chi connectivity index (χ0v) is 10.5. The third-order valence-corrected chi connectivity index (χ3v) is 3.32. The number of benzene rings is 1. The SMILES string of the molecule is O=C(NCC1(O)CCNC1)c1cc(O)ccc1Cl. The summed E-state index contributed by atoms with van der Waals surface area (Å²) in [5.41, 5.74) is -0.704. The second-order valence-electron chi connectivity index (χ2n) is 4.50. The summed E-state index contributed by atoms with van der Waals surface area (Å²) in [4.78, 5) is 11.9.